The molecule has 3 nitrogen and oxygen atoms in total. The molecule has 0 heterocycles. The first-order valence-corrected chi connectivity index (χ1v) is 12.9. The van der Waals surface area contributed by atoms with E-state index in [1.807, 2.05) is 0 Å². The first kappa shape index (κ1) is 23.3. The van der Waals surface area contributed by atoms with Crippen LogP contribution in [0.2, 0.25) is 18.1 Å². The Labute approximate surface area is 166 Å². The Morgan fingerprint density at radius 3 is 2.46 bits per heavy atom. The van der Waals surface area contributed by atoms with Gasteiger partial charge < -0.3 is 9.16 Å². The molecule has 0 fully saturated rings. The molecular weight excluding hydrogens is 415 g/mol. The summed E-state index contributed by atoms with van der Waals surface area (Å²) in [6.45, 7) is 11.9. The van der Waals surface area contributed by atoms with Gasteiger partial charge in [-0.1, -0.05) is 45.7 Å². The average molecular weight is 447 g/mol. The number of ether oxygens (including phenoxy) is 1. The molecule has 0 aliphatic carbocycles. The predicted molar refractivity (Wildman–Crippen MR) is 110 cm³/mol. The minimum Gasteiger partial charge on any atom is -0.469 e. The summed E-state index contributed by atoms with van der Waals surface area (Å²) in [5.41, 5.74) is 0.392. The normalized spacial score (nSPS) is 13.5. The second kappa shape index (κ2) is 9.99. The van der Waals surface area contributed by atoms with Crippen LogP contribution in [0.15, 0.2) is 22.7 Å². The van der Waals surface area contributed by atoms with Crippen LogP contribution in [0.4, 0.5) is 4.39 Å². The second-order valence-corrected chi connectivity index (χ2v) is 13.8. The van der Waals surface area contributed by atoms with Gasteiger partial charge in [0.15, 0.2) is 8.32 Å². The third-order valence-corrected chi connectivity index (χ3v) is 10.4. The number of carbonyl (C=O) groups is 1. The summed E-state index contributed by atoms with van der Waals surface area (Å²) in [7, 11) is -0.360. The van der Waals surface area contributed by atoms with E-state index < -0.39 is 14.2 Å². The van der Waals surface area contributed by atoms with Crippen LogP contribution in [0.5, 0.6) is 0 Å². The Morgan fingerprint density at radius 2 is 1.88 bits per heavy atom. The molecule has 0 bridgehead atoms. The molecule has 1 unspecified atom stereocenters. The van der Waals surface area contributed by atoms with Crippen molar-refractivity contribution in [2.24, 2.45) is 0 Å². The minimum atomic E-state index is -1.71. The molecule has 1 rings (SSSR count). The number of hydrogen-bond acceptors (Lipinski definition) is 3. The van der Waals surface area contributed by atoms with Gasteiger partial charge in [-0.05, 0) is 53.0 Å². The van der Waals surface area contributed by atoms with Gasteiger partial charge in [-0.15, -0.1) is 0 Å². The maximum atomic E-state index is 14.4. The predicted octanol–water partition coefficient (Wildman–Crippen LogP) is 6.43. The van der Waals surface area contributed by atoms with Crippen molar-refractivity contribution in [3.8, 4) is 0 Å². The van der Waals surface area contributed by atoms with Crippen LogP contribution in [0.25, 0.3) is 0 Å². The molecule has 1 aromatic carbocycles. The van der Waals surface area contributed by atoms with E-state index >= 15 is 0 Å². The average Bonchev–Trinajstić information content (AvgIpc) is 2.55. The van der Waals surface area contributed by atoms with Gasteiger partial charge in [-0.25, -0.2) is 4.39 Å². The van der Waals surface area contributed by atoms with Crippen LogP contribution in [0.1, 0.15) is 57.9 Å². The highest BCUT2D eigenvalue weighted by molar-refractivity contribution is 9.10. The number of esters is 1. The van der Waals surface area contributed by atoms with Gasteiger partial charge in [0.2, 0.25) is 0 Å². The third kappa shape index (κ3) is 6.46. The maximum Gasteiger partial charge on any atom is 0.313 e. The summed E-state index contributed by atoms with van der Waals surface area (Å²) >= 11 is 3.18. The fraction of sp³-hybridized carbons (Fsp3) is 0.650. The Balaban J connectivity index is 2.54. The summed E-state index contributed by atoms with van der Waals surface area (Å²) < 4.78 is 25.8. The first-order chi connectivity index (χ1) is 12.0. The van der Waals surface area contributed by atoms with Gasteiger partial charge in [0.1, 0.15) is 5.82 Å². The number of benzene rings is 1. The molecule has 0 radical (unpaired) electrons. The standard InChI is InChI=1S/C20H32BrFO3Si/c1-20(2,3)26(5,6)25-14-9-7-8-11-16(19(23)24-4)15-12-10-13-17(21)18(15)22/h10,12-13,16H,7-9,11,14H2,1-6H3. The Hall–Kier alpha value is -0.723. The van der Waals surface area contributed by atoms with Gasteiger partial charge in [0, 0.05) is 12.2 Å². The lowest BCUT2D eigenvalue weighted by molar-refractivity contribution is -0.142. The summed E-state index contributed by atoms with van der Waals surface area (Å²) in [6.07, 6.45) is 3.28. The van der Waals surface area contributed by atoms with E-state index in [-0.39, 0.29) is 16.8 Å². The fourth-order valence-electron chi connectivity index (χ4n) is 2.50. The van der Waals surface area contributed by atoms with Crippen molar-refractivity contribution in [1.29, 1.82) is 0 Å². The number of carbonyl (C=O) groups excluding carboxylic acids is 1. The van der Waals surface area contributed by atoms with E-state index in [9.17, 15) is 9.18 Å². The fourth-order valence-corrected chi connectivity index (χ4v) is 3.97. The van der Waals surface area contributed by atoms with E-state index in [2.05, 4.69) is 49.8 Å². The Morgan fingerprint density at radius 1 is 1.23 bits per heavy atom. The molecule has 26 heavy (non-hydrogen) atoms. The molecule has 6 heteroatoms. The zero-order valence-electron chi connectivity index (χ0n) is 16.8. The van der Waals surface area contributed by atoms with Crippen LogP contribution >= 0.6 is 15.9 Å². The van der Waals surface area contributed by atoms with E-state index in [0.717, 1.165) is 25.9 Å². The molecular formula is C20H32BrFO3Si. The van der Waals surface area contributed by atoms with Crippen molar-refractivity contribution in [1.82, 2.24) is 0 Å². The molecule has 0 aliphatic heterocycles. The molecule has 1 atom stereocenters. The van der Waals surface area contributed by atoms with Crippen LogP contribution in [0.3, 0.4) is 0 Å². The minimum absolute atomic E-state index is 0.210. The molecule has 148 valence electrons. The van der Waals surface area contributed by atoms with Crippen molar-refractivity contribution >= 4 is 30.2 Å². The SMILES string of the molecule is COC(=O)C(CCCCCO[Si](C)(C)C(C)(C)C)c1cccc(Br)c1F. The molecule has 0 amide bonds. The number of methoxy groups -OCH3 is 1. The zero-order chi connectivity index (χ0) is 20.0. The molecule has 0 saturated carbocycles. The highest BCUT2D eigenvalue weighted by Gasteiger charge is 2.36. The van der Waals surface area contributed by atoms with E-state index in [0.29, 0.717) is 16.5 Å². The summed E-state index contributed by atoms with van der Waals surface area (Å²) in [5, 5.41) is 0.210. The van der Waals surface area contributed by atoms with Crippen molar-refractivity contribution in [2.45, 2.75) is 70.5 Å². The van der Waals surface area contributed by atoms with Crippen molar-refractivity contribution in [3.05, 3.63) is 34.1 Å². The molecule has 0 aromatic heterocycles. The van der Waals surface area contributed by atoms with Gasteiger partial charge in [-0.2, -0.15) is 0 Å². The quantitative estimate of drug-likeness (QED) is 0.249. The lowest BCUT2D eigenvalue weighted by Crippen LogP contribution is -2.40. The summed E-state index contributed by atoms with van der Waals surface area (Å²) in [5.74, 6) is -1.34. The van der Waals surface area contributed by atoms with Gasteiger partial charge in [-0.3, -0.25) is 4.79 Å². The summed E-state index contributed by atoms with van der Waals surface area (Å²) in [4.78, 5) is 12.1. The highest BCUT2D eigenvalue weighted by Crippen LogP contribution is 2.36. The van der Waals surface area contributed by atoms with E-state index in [4.69, 9.17) is 9.16 Å². The number of rotatable bonds is 9. The Bertz CT molecular complexity index is 599. The molecule has 0 saturated heterocycles. The highest BCUT2D eigenvalue weighted by atomic mass is 79.9. The number of hydrogen-bond donors (Lipinski definition) is 0. The summed E-state index contributed by atoms with van der Waals surface area (Å²) in [6, 6.07) is 5.03. The third-order valence-electron chi connectivity index (χ3n) is 5.25. The van der Waals surface area contributed by atoms with Crippen LogP contribution in [-0.2, 0) is 14.0 Å². The van der Waals surface area contributed by atoms with Crippen LogP contribution in [-0.4, -0.2) is 28.0 Å². The number of unbranched alkanes of at least 4 members (excludes halogenated alkanes) is 2. The smallest absolute Gasteiger partial charge is 0.313 e. The zero-order valence-corrected chi connectivity index (χ0v) is 19.4. The van der Waals surface area contributed by atoms with Crippen molar-refractivity contribution in [2.75, 3.05) is 13.7 Å². The largest absolute Gasteiger partial charge is 0.469 e. The van der Waals surface area contributed by atoms with Gasteiger partial charge in [0.05, 0.1) is 17.5 Å². The topological polar surface area (TPSA) is 35.5 Å². The molecule has 1 aromatic rings. The lowest BCUT2D eigenvalue weighted by atomic mass is 9.93. The van der Waals surface area contributed by atoms with Gasteiger partial charge in [0.25, 0.3) is 0 Å². The van der Waals surface area contributed by atoms with E-state index in [1.54, 1.807) is 18.2 Å². The Kier molecular flexibility index (Phi) is 8.96. The van der Waals surface area contributed by atoms with Crippen LogP contribution < -0.4 is 0 Å². The molecule has 0 N–H and O–H groups in total. The lowest BCUT2D eigenvalue weighted by Gasteiger charge is -2.36. The number of halogens is 2. The maximum absolute atomic E-state index is 14.4. The second-order valence-electron chi connectivity index (χ2n) is 8.18. The van der Waals surface area contributed by atoms with E-state index in [1.165, 1.54) is 7.11 Å². The molecule has 0 spiro atoms. The van der Waals surface area contributed by atoms with Crippen molar-refractivity contribution in [3.63, 3.8) is 0 Å². The monoisotopic (exact) mass is 446 g/mol. The van der Waals surface area contributed by atoms with Crippen LogP contribution in [0, 0.1) is 5.82 Å². The van der Waals surface area contributed by atoms with Crippen molar-refractivity contribution < 1.29 is 18.3 Å². The van der Waals surface area contributed by atoms with Gasteiger partial charge >= 0.3 is 5.97 Å². The first-order valence-electron chi connectivity index (χ1n) is 9.17. The molecule has 0 aliphatic rings.